The van der Waals surface area contributed by atoms with E-state index < -0.39 is 0 Å². The largest absolute Gasteiger partial charge is 0.381 e. The van der Waals surface area contributed by atoms with Crippen molar-refractivity contribution < 1.29 is 9.47 Å². The summed E-state index contributed by atoms with van der Waals surface area (Å²) in [6, 6.07) is 0. The summed E-state index contributed by atoms with van der Waals surface area (Å²) in [4.78, 5) is 6.91. The molecule has 0 aliphatic carbocycles. The fourth-order valence-electron chi connectivity index (χ4n) is 3.46. The van der Waals surface area contributed by atoms with Crippen molar-refractivity contribution in [3.63, 3.8) is 0 Å². The van der Waals surface area contributed by atoms with E-state index >= 15 is 0 Å². The maximum absolute atomic E-state index is 5.68. The average molecular weight is 293 g/mol. The van der Waals surface area contributed by atoms with Crippen molar-refractivity contribution >= 4 is 0 Å². The van der Waals surface area contributed by atoms with Crippen molar-refractivity contribution in [3.05, 3.63) is 18.2 Å². The highest BCUT2D eigenvalue weighted by Crippen LogP contribution is 2.21. The number of imidazole rings is 1. The quantitative estimate of drug-likeness (QED) is 0.829. The van der Waals surface area contributed by atoms with Gasteiger partial charge >= 0.3 is 0 Å². The molecular formula is C16H27N3O2. The van der Waals surface area contributed by atoms with E-state index in [0.29, 0.717) is 5.92 Å². The highest BCUT2D eigenvalue weighted by Gasteiger charge is 2.25. The van der Waals surface area contributed by atoms with Crippen LogP contribution in [0.25, 0.3) is 0 Å². The summed E-state index contributed by atoms with van der Waals surface area (Å²) in [6.45, 7) is 9.91. The first-order chi connectivity index (χ1) is 10.3. The number of rotatable bonds is 5. The van der Waals surface area contributed by atoms with E-state index in [1.54, 1.807) is 0 Å². The molecule has 0 spiro atoms. The van der Waals surface area contributed by atoms with Gasteiger partial charge < -0.3 is 14.0 Å². The molecule has 3 heterocycles. The van der Waals surface area contributed by atoms with Gasteiger partial charge in [0.05, 0.1) is 18.6 Å². The topological polar surface area (TPSA) is 39.5 Å². The molecule has 0 unspecified atom stereocenters. The van der Waals surface area contributed by atoms with Crippen molar-refractivity contribution in [2.45, 2.75) is 32.9 Å². The second kappa shape index (κ2) is 7.38. The Hall–Kier alpha value is -0.910. The minimum atomic E-state index is 0.556. The van der Waals surface area contributed by atoms with E-state index in [2.05, 4.69) is 21.4 Å². The minimum Gasteiger partial charge on any atom is -0.381 e. The van der Waals surface area contributed by atoms with Gasteiger partial charge in [-0.15, -0.1) is 0 Å². The molecule has 3 rings (SSSR count). The maximum Gasteiger partial charge on any atom is 0.0948 e. The number of aromatic nitrogens is 2. The molecule has 21 heavy (non-hydrogen) atoms. The number of ether oxygens (including phenoxy) is 2. The van der Waals surface area contributed by atoms with Crippen LogP contribution in [0.4, 0.5) is 0 Å². The van der Waals surface area contributed by atoms with Crippen LogP contribution >= 0.6 is 0 Å². The third-order valence-electron chi connectivity index (χ3n) is 4.57. The van der Waals surface area contributed by atoms with E-state index in [4.69, 9.17) is 9.47 Å². The van der Waals surface area contributed by atoms with E-state index in [0.717, 1.165) is 52.0 Å². The fourth-order valence-corrected chi connectivity index (χ4v) is 3.46. The summed E-state index contributed by atoms with van der Waals surface area (Å²) in [5.41, 5.74) is 1.33. The minimum absolute atomic E-state index is 0.556. The van der Waals surface area contributed by atoms with Crippen molar-refractivity contribution in [1.82, 2.24) is 14.5 Å². The Balaban J connectivity index is 1.64. The van der Waals surface area contributed by atoms with Crippen LogP contribution in [-0.4, -0.2) is 54.0 Å². The monoisotopic (exact) mass is 293 g/mol. The molecule has 0 amide bonds. The number of nitrogens with zero attached hydrogens (tertiary/aromatic N) is 3. The van der Waals surface area contributed by atoms with Crippen LogP contribution in [0.1, 0.15) is 25.5 Å². The van der Waals surface area contributed by atoms with Crippen LogP contribution in [0.2, 0.25) is 0 Å². The van der Waals surface area contributed by atoms with Crippen LogP contribution in [0.5, 0.6) is 0 Å². The number of hydrogen-bond donors (Lipinski definition) is 0. The molecule has 0 radical (unpaired) electrons. The Labute approximate surface area is 127 Å². The van der Waals surface area contributed by atoms with Gasteiger partial charge in [-0.3, -0.25) is 4.90 Å². The van der Waals surface area contributed by atoms with Gasteiger partial charge in [-0.25, -0.2) is 4.98 Å². The molecule has 1 aromatic rings. The van der Waals surface area contributed by atoms with Crippen LogP contribution in [-0.2, 0) is 22.6 Å². The summed E-state index contributed by atoms with van der Waals surface area (Å²) < 4.78 is 13.5. The molecule has 118 valence electrons. The van der Waals surface area contributed by atoms with Crippen molar-refractivity contribution in [2.24, 2.45) is 11.8 Å². The van der Waals surface area contributed by atoms with E-state index in [-0.39, 0.29) is 0 Å². The molecule has 1 saturated heterocycles. The predicted octanol–water partition coefficient (Wildman–Crippen LogP) is 1.78. The molecule has 5 nitrogen and oxygen atoms in total. The summed E-state index contributed by atoms with van der Waals surface area (Å²) in [7, 11) is 0. The van der Waals surface area contributed by atoms with Gasteiger partial charge in [-0.2, -0.15) is 0 Å². The predicted molar refractivity (Wildman–Crippen MR) is 81.0 cm³/mol. The SMILES string of the molecule is CCOC[C@H]1CN(CC2CCOCC2)Cc2cncn2C1. The zero-order chi connectivity index (χ0) is 14.5. The summed E-state index contributed by atoms with van der Waals surface area (Å²) in [5.74, 6) is 1.33. The fraction of sp³-hybridized carbons (Fsp3) is 0.812. The van der Waals surface area contributed by atoms with Crippen LogP contribution in [0.15, 0.2) is 12.5 Å². The van der Waals surface area contributed by atoms with Gasteiger partial charge in [0.1, 0.15) is 0 Å². The lowest BCUT2D eigenvalue weighted by Gasteiger charge is -2.30. The van der Waals surface area contributed by atoms with Gasteiger partial charge in [0.15, 0.2) is 0 Å². The first kappa shape index (κ1) is 15.0. The second-order valence-corrected chi connectivity index (χ2v) is 6.31. The first-order valence-corrected chi connectivity index (χ1v) is 8.22. The lowest BCUT2D eigenvalue weighted by atomic mass is 9.99. The average Bonchev–Trinajstić information content (AvgIpc) is 2.86. The Kier molecular flexibility index (Phi) is 5.27. The first-order valence-electron chi connectivity index (χ1n) is 8.22. The highest BCUT2D eigenvalue weighted by atomic mass is 16.5. The van der Waals surface area contributed by atoms with Gasteiger partial charge in [-0.05, 0) is 25.7 Å². The molecule has 1 atom stereocenters. The Morgan fingerprint density at radius 2 is 2.14 bits per heavy atom. The van der Waals surface area contributed by atoms with Gasteiger partial charge in [0.25, 0.3) is 0 Å². The van der Waals surface area contributed by atoms with Crippen molar-refractivity contribution in [1.29, 1.82) is 0 Å². The molecule has 1 fully saturated rings. The standard InChI is InChI=1S/C16H27N3O2/c1-2-20-12-15-9-18(8-14-3-5-21-6-4-14)11-16-7-17-13-19(16)10-15/h7,13-15H,2-6,8-12H2,1H3/t15-/m0/s1. The highest BCUT2D eigenvalue weighted by molar-refractivity contribution is 5.01. The van der Waals surface area contributed by atoms with Crippen LogP contribution in [0.3, 0.4) is 0 Å². The van der Waals surface area contributed by atoms with E-state index in [1.165, 1.54) is 25.1 Å². The van der Waals surface area contributed by atoms with Gasteiger partial charge in [0.2, 0.25) is 0 Å². The summed E-state index contributed by atoms with van der Waals surface area (Å²) >= 11 is 0. The summed E-state index contributed by atoms with van der Waals surface area (Å²) in [5, 5.41) is 0. The lowest BCUT2D eigenvalue weighted by Crippen LogP contribution is -2.35. The smallest absolute Gasteiger partial charge is 0.0948 e. The second-order valence-electron chi connectivity index (χ2n) is 6.31. The van der Waals surface area contributed by atoms with E-state index in [1.807, 2.05) is 12.5 Å². The lowest BCUT2D eigenvalue weighted by molar-refractivity contribution is 0.0428. The molecule has 0 saturated carbocycles. The number of fused-ring (bicyclic) bond motifs is 1. The third-order valence-corrected chi connectivity index (χ3v) is 4.57. The molecule has 0 aromatic carbocycles. The Bertz CT molecular complexity index is 429. The molecule has 0 N–H and O–H groups in total. The van der Waals surface area contributed by atoms with Crippen molar-refractivity contribution in [2.75, 3.05) is 39.5 Å². The van der Waals surface area contributed by atoms with E-state index in [9.17, 15) is 0 Å². The Morgan fingerprint density at radius 3 is 2.95 bits per heavy atom. The molecule has 0 bridgehead atoms. The van der Waals surface area contributed by atoms with Gasteiger partial charge in [0, 0.05) is 58.1 Å². The Morgan fingerprint density at radius 1 is 1.29 bits per heavy atom. The third kappa shape index (κ3) is 4.05. The molecule has 1 aromatic heterocycles. The van der Waals surface area contributed by atoms with Crippen molar-refractivity contribution in [3.8, 4) is 0 Å². The molecule has 2 aliphatic heterocycles. The molecule has 5 heteroatoms. The molecule has 2 aliphatic rings. The summed E-state index contributed by atoms with van der Waals surface area (Å²) in [6.07, 6.45) is 6.38. The van der Waals surface area contributed by atoms with Crippen LogP contribution < -0.4 is 0 Å². The molecular weight excluding hydrogens is 266 g/mol. The zero-order valence-corrected chi connectivity index (χ0v) is 13.0. The number of hydrogen-bond acceptors (Lipinski definition) is 4. The van der Waals surface area contributed by atoms with Gasteiger partial charge in [-0.1, -0.05) is 0 Å². The van der Waals surface area contributed by atoms with Crippen LogP contribution in [0, 0.1) is 11.8 Å². The zero-order valence-electron chi connectivity index (χ0n) is 13.0. The normalized spacial score (nSPS) is 24.7. The maximum atomic E-state index is 5.68.